The van der Waals surface area contributed by atoms with Crippen molar-refractivity contribution in [2.24, 2.45) is 0 Å². The van der Waals surface area contributed by atoms with Crippen LogP contribution in [0, 0.1) is 0 Å². The van der Waals surface area contributed by atoms with Crippen molar-refractivity contribution in [1.82, 2.24) is 0 Å². The molecule has 0 unspecified atom stereocenters. The molecular formula is C69H47N. The Morgan fingerprint density at radius 2 is 0.714 bits per heavy atom. The van der Waals surface area contributed by atoms with Gasteiger partial charge in [0.05, 0.1) is 11.1 Å². The first-order chi connectivity index (χ1) is 34.7. The molecule has 1 aliphatic carbocycles. The van der Waals surface area contributed by atoms with Crippen molar-refractivity contribution in [2.45, 2.75) is 5.41 Å². The van der Waals surface area contributed by atoms with Gasteiger partial charge < -0.3 is 4.90 Å². The molecule has 0 radical (unpaired) electrons. The SMILES string of the molecule is c1ccc(C2(c3ccccc3)c3ccccc3-c3c(-c4ccccc4N(c4ccc(-c5ccc(-c6cccc7ccccc67)cc5)cc4)c4ccc(-c5ccc6ccccc6c5)cc4)cccc32)cc1. The summed E-state index contributed by atoms with van der Waals surface area (Å²) in [7, 11) is 0. The highest BCUT2D eigenvalue weighted by Crippen LogP contribution is 2.59. The molecule has 0 amide bonds. The van der Waals surface area contributed by atoms with Gasteiger partial charge in [-0.1, -0.05) is 249 Å². The minimum absolute atomic E-state index is 0.499. The second-order valence-electron chi connectivity index (χ2n) is 18.4. The molecule has 0 aliphatic heterocycles. The Kier molecular flexibility index (Phi) is 10.1. The number of nitrogens with zero attached hydrogens (tertiary/aromatic N) is 1. The van der Waals surface area contributed by atoms with Gasteiger partial charge in [0.1, 0.15) is 0 Å². The van der Waals surface area contributed by atoms with Gasteiger partial charge in [0.25, 0.3) is 0 Å². The standard InChI is InChI=1S/C69H47N/c1-3-21-56(22-4-1)69(57-23-5-2-6-24-57)65-30-13-11-27-64(65)68-63(29-16-31-66(68)69)62-26-12-14-32-67(62)70(59-45-41-51(42-46-59)55-38-35-48-17-7-8-19-54(48)47-55)58-43-39-50(40-44-58)49-33-36-53(37-34-49)61-28-15-20-52-18-9-10-25-60(52)61/h1-47H. The van der Waals surface area contributed by atoms with E-state index in [0.29, 0.717) is 0 Å². The van der Waals surface area contributed by atoms with Crippen LogP contribution in [0.25, 0.3) is 77.2 Å². The number of benzene rings is 12. The molecule has 0 spiro atoms. The van der Waals surface area contributed by atoms with Crippen LogP contribution in [0.4, 0.5) is 17.1 Å². The Balaban J connectivity index is 0.954. The fourth-order valence-corrected chi connectivity index (χ4v) is 11.3. The van der Waals surface area contributed by atoms with E-state index >= 15 is 0 Å². The van der Waals surface area contributed by atoms with E-state index in [4.69, 9.17) is 0 Å². The summed E-state index contributed by atoms with van der Waals surface area (Å²) >= 11 is 0. The number of hydrogen-bond acceptors (Lipinski definition) is 1. The van der Waals surface area contributed by atoms with E-state index in [-0.39, 0.29) is 0 Å². The van der Waals surface area contributed by atoms with E-state index in [1.54, 1.807) is 0 Å². The average Bonchev–Trinajstić information content (AvgIpc) is 3.75. The van der Waals surface area contributed by atoms with Gasteiger partial charge in [-0.05, 0) is 130 Å². The monoisotopic (exact) mass is 889 g/mol. The Morgan fingerprint density at radius 3 is 1.41 bits per heavy atom. The van der Waals surface area contributed by atoms with E-state index in [2.05, 4.69) is 290 Å². The van der Waals surface area contributed by atoms with Crippen LogP contribution in [0.3, 0.4) is 0 Å². The van der Waals surface area contributed by atoms with Crippen LogP contribution in [0.2, 0.25) is 0 Å². The van der Waals surface area contributed by atoms with Crippen LogP contribution in [0.5, 0.6) is 0 Å². The van der Waals surface area contributed by atoms with E-state index in [0.717, 1.165) is 22.6 Å². The van der Waals surface area contributed by atoms with Crippen molar-refractivity contribution in [3.8, 4) is 55.6 Å². The average molecular weight is 890 g/mol. The maximum atomic E-state index is 2.44. The molecule has 0 bridgehead atoms. The fraction of sp³-hybridized carbons (Fsp3) is 0.0145. The van der Waals surface area contributed by atoms with Crippen LogP contribution in [-0.2, 0) is 5.41 Å². The van der Waals surface area contributed by atoms with Crippen LogP contribution in [-0.4, -0.2) is 0 Å². The molecule has 12 aromatic rings. The summed E-state index contributed by atoms with van der Waals surface area (Å²) in [6.07, 6.45) is 0. The molecule has 0 saturated heterocycles. The van der Waals surface area contributed by atoms with Gasteiger partial charge in [-0.3, -0.25) is 0 Å². The second-order valence-corrected chi connectivity index (χ2v) is 18.4. The summed E-state index contributed by atoms with van der Waals surface area (Å²) in [5, 5.41) is 5.00. The predicted octanol–water partition coefficient (Wildman–Crippen LogP) is 18.5. The third-order valence-electron chi connectivity index (χ3n) is 14.6. The molecule has 0 heterocycles. The van der Waals surface area contributed by atoms with Gasteiger partial charge in [-0.25, -0.2) is 0 Å². The molecule has 0 aromatic heterocycles. The molecule has 328 valence electrons. The first-order valence-corrected chi connectivity index (χ1v) is 24.2. The van der Waals surface area contributed by atoms with Crippen molar-refractivity contribution in [3.63, 3.8) is 0 Å². The zero-order chi connectivity index (χ0) is 46.4. The molecule has 0 fully saturated rings. The van der Waals surface area contributed by atoms with Gasteiger partial charge in [0.2, 0.25) is 0 Å². The van der Waals surface area contributed by atoms with Crippen molar-refractivity contribution >= 4 is 38.6 Å². The maximum absolute atomic E-state index is 2.44. The molecule has 1 aliphatic rings. The topological polar surface area (TPSA) is 3.24 Å². The summed E-state index contributed by atoms with van der Waals surface area (Å²) in [5.41, 5.74) is 20.0. The first-order valence-electron chi connectivity index (χ1n) is 24.2. The lowest BCUT2D eigenvalue weighted by Crippen LogP contribution is -2.28. The lowest BCUT2D eigenvalue weighted by molar-refractivity contribution is 0.768. The number of fused-ring (bicyclic) bond motifs is 5. The normalized spacial score (nSPS) is 12.4. The minimum atomic E-state index is -0.499. The van der Waals surface area contributed by atoms with Gasteiger partial charge in [-0.2, -0.15) is 0 Å². The van der Waals surface area contributed by atoms with E-state index < -0.39 is 5.41 Å². The summed E-state index contributed by atoms with van der Waals surface area (Å²) in [5.74, 6) is 0. The van der Waals surface area contributed by atoms with Crippen molar-refractivity contribution < 1.29 is 0 Å². The Bertz CT molecular complexity index is 3810. The molecule has 1 nitrogen and oxygen atoms in total. The largest absolute Gasteiger partial charge is 0.310 e. The Hall–Kier alpha value is -9.04. The molecule has 0 atom stereocenters. The highest BCUT2D eigenvalue weighted by atomic mass is 15.1. The van der Waals surface area contributed by atoms with Gasteiger partial charge in [-0.15, -0.1) is 0 Å². The minimum Gasteiger partial charge on any atom is -0.310 e. The molecular weight excluding hydrogens is 843 g/mol. The zero-order valence-corrected chi connectivity index (χ0v) is 38.6. The third-order valence-corrected chi connectivity index (χ3v) is 14.6. The lowest BCUT2D eigenvalue weighted by Gasteiger charge is -2.34. The number of para-hydroxylation sites is 1. The van der Waals surface area contributed by atoms with Gasteiger partial charge in [0, 0.05) is 16.9 Å². The molecule has 0 N–H and O–H groups in total. The quantitative estimate of drug-likeness (QED) is 0.140. The number of anilines is 3. The predicted molar refractivity (Wildman–Crippen MR) is 295 cm³/mol. The summed E-state index contributed by atoms with van der Waals surface area (Å²) in [4.78, 5) is 2.44. The third kappa shape index (κ3) is 6.86. The molecule has 0 saturated carbocycles. The molecule has 1 heteroatoms. The van der Waals surface area contributed by atoms with Crippen molar-refractivity contribution in [3.05, 3.63) is 307 Å². The fourth-order valence-electron chi connectivity index (χ4n) is 11.3. The highest BCUT2D eigenvalue weighted by Gasteiger charge is 2.47. The summed E-state index contributed by atoms with van der Waals surface area (Å²) < 4.78 is 0. The summed E-state index contributed by atoms with van der Waals surface area (Å²) in [6, 6.07) is 105. The Morgan fingerprint density at radius 1 is 0.257 bits per heavy atom. The van der Waals surface area contributed by atoms with E-state index in [9.17, 15) is 0 Å². The highest BCUT2D eigenvalue weighted by molar-refractivity contribution is 6.01. The van der Waals surface area contributed by atoms with Crippen molar-refractivity contribution in [2.75, 3.05) is 4.90 Å². The van der Waals surface area contributed by atoms with Gasteiger partial charge in [0.15, 0.2) is 0 Å². The maximum Gasteiger partial charge on any atom is 0.0713 e. The van der Waals surface area contributed by atoms with Crippen LogP contribution in [0.15, 0.2) is 285 Å². The van der Waals surface area contributed by atoms with Gasteiger partial charge >= 0.3 is 0 Å². The van der Waals surface area contributed by atoms with E-state index in [1.807, 2.05) is 0 Å². The Labute approximate surface area is 409 Å². The smallest absolute Gasteiger partial charge is 0.0713 e. The zero-order valence-electron chi connectivity index (χ0n) is 38.6. The number of rotatable bonds is 9. The lowest BCUT2D eigenvalue weighted by atomic mass is 9.67. The van der Waals surface area contributed by atoms with Crippen LogP contribution >= 0.6 is 0 Å². The van der Waals surface area contributed by atoms with Crippen LogP contribution < -0.4 is 4.90 Å². The van der Waals surface area contributed by atoms with Crippen molar-refractivity contribution in [1.29, 1.82) is 0 Å². The molecule has 12 aromatic carbocycles. The number of hydrogen-bond donors (Lipinski definition) is 0. The molecule has 70 heavy (non-hydrogen) atoms. The van der Waals surface area contributed by atoms with E-state index in [1.165, 1.54) is 93.9 Å². The van der Waals surface area contributed by atoms with Crippen LogP contribution in [0.1, 0.15) is 22.3 Å². The second kappa shape index (κ2) is 17.2. The first kappa shape index (κ1) is 41.2. The summed E-state index contributed by atoms with van der Waals surface area (Å²) in [6.45, 7) is 0. The molecule has 13 rings (SSSR count).